The fourth-order valence-corrected chi connectivity index (χ4v) is 1.25. The standard InChI is InChI=1S/C10H17N5O/c1-3-8(2)12-9(6-11)10-7-15(4-5-16)14-13-10/h7-9,12,16H,3-5H2,1-2H3. The molecule has 0 aromatic carbocycles. The van der Waals surface area contributed by atoms with E-state index in [9.17, 15) is 0 Å². The third-order valence-electron chi connectivity index (χ3n) is 2.37. The maximum atomic E-state index is 9.02. The third-order valence-corrected chi connectivity index (χ3v) is 2.37. The summed E-state index contributed by atoms with van der Waals surface area (Å²) in [6.45, 7) is 4.48. The average Bonchev–Trinajstić information content (AvgIpc) is 2.74. The quantitative estimate of drug-likeness (QED) is 0.720. The molecule has 0 bridgehead atoms. The highest BCUT2D eigenvalue weighted by Crippen LogP contribution is 2.09. The summed E-state index contributed by atoms with van der Waals surface area (Å²) in [5, 5.41) is 28.6. The van der Waals surface area contributed by atoms with Gasteiger partial charge in [-0.3, -0.25) is 5.32 Å². The monoisotopic (exact) mass is 223 g/mol. The Morgan fingerprint density at radius 1 is 1.69 bits per heavy atom. The predicted octanol–water partition coefficient (Wildman–Crippen LogP) is 0.223. The zero-order chi connectivity index (χ0) is 12.0. The molecular weight excluding hydrogens is 206 g/mol. The Morgan fingerprint density at radius 3 is 3.00 bits per heavy atom. The lowest BCUT2D eigenvalue weighted by Crippen LogP contribution is -2.29. The maximum Gasteiger partial charge on any atom is 0.142 e. The van der Waals surface area contributed by atoms with Crippen LogP contribution < -0.4 is 5.32 Å². The number of hydrogen-bond donors (Lipinski definition) is 2. The van der Waals surface area contributed by atoms with E-state index in [1.54, 1.807) is 6.20 Å². The van der Waals surface area contributed by atoms with E-state index in [0.29, 0.717) is 12.2 Å². The molecule has 0 aliphatic carbocycles. The first-order valence-corrected chi connectivity index (χ1v) is 5.37. The molecule has 2 atom stereocenters. The van der Waals surface area contributed by atoms with Gasteiger partial charge in [0, 0.05) is 6.04 Å². The Hall–Kier alpha value is -1.45. The highest BCUT2D eigenvalue weighted by Gasteiger charge is 2.16. The molecular formula is C10H17N5O. The Bertz CT molecular complexity index is 356. The maximum absolute atomic E-state index is 9.02. The first kappa shape index (κ1) is 12.6. The second-order valence-corrected chi connectivity index (χ2v) is 3.67. The number of rotatable bonds is 6. The third kappa shape index (κ3) is 3.29. The van der Waals surface area contributed by atoms with Crippen molar-refractivity contribution in [3.05, 3.63) is 11.9 Å². The minimum absolute atomic E-state index is 0.0127. The number of aromatic nitrogens is 3. The van der Waals surface area contributed by atoms with Gasteiger partial charge in [-0.2, -0.15) is 5.26 Å². The summed E-state index contributed by atoms with van der Waals surface area (Å²) in [5.41, 5.74) is 0.594. The summed E-state index contributed by atoms with van der Waals surface area (Å²) in [6, 6.07) is 1.96. The number of nitriles is 1. The van der Waals surface area contributed by atoms with Gasteiger partial charge in [0.1, 0.15) is 11.7 Å². The molecule has 0 saturated carbocycles. The van der Waals surface area contributed by atoms with Crippen LogP contribution in [0.25, 0.3) is 0 Å². The van der Waals surface area contributed by atoms with Crippen molar-refractivity contribution in [1.29, 1.82) is 5.26 Å². The van der Waals surface area contributed by atoms with Crippen molar-refractivity contribution in [3.63, 3.8) is 0 Å². The summed E-state index contributed by atoms with van der Waals surface area (Å²) in [5.74, 6) is 0. The molecule has 0 fully saturated rings. The van der Waals surface area contributed by atoms with Gasteiger partial charge < -0.3 is 5.11 Å². The Labute approximate surface area is 94.9 Å². The fourth-order valence-electron chi connectivity index (χ4n) is 1.25. The summed E-state index contributed by atoms with van der Waals surface area (Å²) in [4.78, 5) is 0. The van der Waals surface area contributed by atoms with Crippen LogP contribution in [0.5, 0.6) is 0 Å². The van der Waals surface area contributed by atoms with Crippen LogP contribution in [0.4, 0.5) is 0 Å². The summed E-state index contributed by atoms with van der Waals surface area (Å²) in [7, 11) is 0. The lowest BCUT2D eigenvalue weighted by atomic mass is 10.2. The van der Waals surface area contributed by atoms with Crippen LogP contribution in [0.1, 0.15) is 32.0 Å². The molecule has 2 N–H and O–H groups in total. The first-order chi connectivity index (χ1) is 7.71. The minimum atomic E-state index is -0.442. The molecule has 0 amide bonds. The fraction of sp³-hybridized carbons (Fsp3) is 0.700. The summed E-state index contributed by atoms with van der Waals surface area (Å²) in [6.07, 6.45) is 2.63. The number of hydrogen-bond acceptors (Lipinski definition) is 5. The molecule has 0 saturated heterocycles. The Balaban J connectivity index is 2.68. The average molecular weight is 223 g/mol. The second-order valence-electron chi connectivity index (χ2n) is 3.67. The molecule has 1 heterocycles. The molecule has 1 rings (SSSR count). The van der Waals surface area contributed by atoms with Crippen molar-refractivity contribution < 1.29 is 5.11 Å². The van der Waals surface area contributed by atoms with Crippen molar-refractivity contribution in [2.24, 2.45) is 0 Å². The van der Waals surface area contributed by atoms with Crippen LogP contribution in [0.3, 0.4) is 0 Å². The molecule has 0 aliphatic heterocycles. The van der Waals surface area contributed by atoms with Crippen LogP contribution >= 0.6 is 0 Å². The lowest BCUT2D eigenvalue weighted by Gasteiger charge is -2.14. The number of aliphatic hydroxyl groups is 1. The first-order valence-electron chi connectivity index (χ1n) is 5.37. The van der Waals surface area contributed by atoms with Crippen molar-refractivity contribution in [2.75, 3.05) is 6.61 Å². The number of aliphatic hydroxyl groups excluding tert-OH is 1. The van der Waals surface area contributed by atoms with E-state index in [2.05, 4.69) is 28.6 Å². The van der Waals surface area contributed by atoms with E-state index < -0.39 is 6.04 Å². The van der Waals surface area contributed by atoms with E-state index in [-0.39, 0.29) is 12.6 Å². The number of nitrogens with one attached hydrogen (secondary N) is 1. The molecule has 6 nitrogen and oxygen atoms in total. The highest BCUT2D eigenvalue weighted by atomic mass is 16.3. The molecule has 6 heteroatoms. The topological polar surface area (TPSA) is 86.8 Å². The van der Waals surface area contributed by atoms with Gasteiger partial charge in [0.25, 0.3) is 0 Å². The van der Waals surface area contributed by atoms with Crippen molar-refractivity contribution in [3.8, 4) is 6.07 Å². The van der Waals surface area contributed by atoms with Gasteiger partial charge in [0.15, 0.2) is 0 Å². The van der Waals surface area contributed by atoms with Gasteiger partial charge in [-0.1, -0.05) is 12.1 Å². The molecule has 1 aromatic rings. The molecule has 0 spiro atoms. The van der Waals surface area contributed by atoms with Gasteiger partial charge in [0.2, 0.25) is 0 Å². The summed E-state index contributed by atoms with van der Waals surface area (Å²) < 4.78 is 1.53. The Morgan fingerprint density at radius 2 is 2.44 bits per heavy atom. The Kier molecular flexibility index (Phi) is 4.89. The van der Waals surface area contributed by atoms with Crippen LogP contribution in [-0.4, -0.2) is 32.7 Å². The van der Waals surface area contributed by atoms with Crippen LogP contribution in [0, 0.1) is 11.3 Å². The predicted molar refractivity (Wildman–Crippen MR) is 58.4 cm³/mol. The molecule has 0 radical (unpaired) electrons. The van der Waals surface area contributed by atoms with E-state index in [1.165, 1.54) is 4.68 Å². The van der Waals surface area contributed by atoms with Crippen LogP contribution in [0.15, 0.2) is 6.20 Å². The van der Waals surface area contributed by atoms with E-state index >= 15 is 0 Å². The van der Waals surface area contributed by atoms with Gasteiger partial charge in [-0.15, -0.1) is 5.10 Å². The molecule has 0 aliphatic rings. The van der Waals surface area contributed by atoms with E-state index in [4.69, 9.17) is 10.4 Å². The largest absolute Gasteiger partial charge is 0.394 e. The van der Waals surface area contributed by atoms with Gasteiger partial charge in [-0.25, -0.2) is 4.68 Å². The zero-order valence-electron chi connectivity index (χ0n) is 9.59. The van der Waals surface area contributed by atoms with E-state index in [1.807, 2.05) is 6.92 Å². The van der Waals surface area contributed by atoms with Gasteiger partial charge in [0.05, 0.1) is 25.4 Å². The minimum Gasteiger partial charge on any atom is -0.394 e. The van der Waals surface area contributed by atoms with Gasteiger partial charge >= 0.3 is 0 Å². The normalized spacial score (nSPS) is 14.4. The lowest BCUT2D eigenvalue weighted by molar-refractivity contribution is 0.268. The van der Waals surface area contributed by atoms with Crippen molar-refractivity contribution in [2.45, 2.75) is 38.9 Å². The van der Waals surface area contributed by atoms with Crippen molar-refractivity contribution in [1.82, 2.24) is 20.3 Å². The van der Waals surface area contributed by atoms with Crippen molar-refractivity contribution >= 4 is 0 Å². The molecule has 1 aromatic heterocycles. The van der Waals surface area contributed by atoms with E-state index in [0.717, 1.165) is 6.42 Å². The molecule has 16 heavy (non-hydrogen) atoms. The smallest absolute Gasteiger partial charge is 0.142 e. The van der Waals surface area contributed by atoms with Crippen LogP contribution in [0.2, 0.25) is 0 Å². The highest BCUT2D eigenvalue weighted by molar-refractivity contribution is 5.11. The molecule has 2 unspecified atom stereocenters. The number of nitrogens with zero attached hydrogens (tertiary/aromatic N) is 4. The van der Waals surface area contributed by atoms with Crippen LogP contribution in [-0.2, 0) is 6.54 Å². The second kappa shape index (κ2) is 6.20. The molecule has 88 valence electrons. The van der Waals surface area contributed by atoms with Gasteiger partial charge in [-0.05, 0) is 13.3 Å². The SMILES string of the molecule is CCC(C)NC(C#N)c1cn(CCO)nn1. The zero-order valence-corrected chi connectivity index (χ0v) is 9.59. The summed E-state index contributed by atoms with van der Waals surface area (Å²) >= 11 is 0.